The minimum Gasteiger partial charge on any atom is -0.508 e. The van der Waals surface area contributed by atoms with Crippen molar-refractivity contribution in [1.29, 1.82) is 0 Å². The first kappa shape index (κ1) is 48.9. The van der Waals surface area contributed by atoms with E-state index in [0.717, 1.165) is 38.8 Å². The lowest BCUT2D eigenvalue weighted by molar-refractivity contribution is -0.140. The lowest BCUT2D eigenvalue weighted by Gasteiger charge is -2.34. The number of nitrogens with zero attached hydrogens (tertiary/aromatic N) is 2. The molecule has 5 rings (SSSR count). The number of carboxylic acid groups (broad SMARTS) is 1. The fourth-order valence-electron chi connectivity index (χ4n) is 7.08. The number of aliphatic hydroxyl groups is 1. The molecule has 23 heteroatoms. The van der Waals surface area contributed by atoms with Gasteiger partial charge in [0.2, 0.25) is 29.9 Å². The summed E-state index contributed by atoms with van der Waals surface area (Å²) in [6.07, 6.45) is 2.72. The zero-order valence-corrected chi connectivity index (χ0v) is 36.4. The van der Waals surface area contributed by atoms with Gasteiger partial charge in [0, 0.05) is 61.9 Å². The molecule has 2 aromatic carbocycles. The summed E-state index contributed by atoms with van der Waals surface area (Å²) in [7, 11) is 1.33. The first-order valence-corrected chi connectivity index (χ1v) is 21.7. The van der Waals surface area contributed by atoms with Crippen LogP contribution in [0, 0.1) is 0 Å². The molecule has 12 N–H and O–H groups in total. The van der Waals surface area contributed by atoms with Crippen LogP contribution in [0.1, 0.15) is 37.1 Å². The number of H-pyrrole nitrogens is 2. The van der Waals surface area contributed by atoms with Crippen LogP contribution in [0.4, 0.5) is 4.79 Å². The van der Waals surface area contributed by atoms with Gasteiger partial charge in [-0.05, 0) is 54.7 Å². The Labute approximate surface area is 375 Å². The molecule has 0 aliphatic carbocycles. The quantitative estimate of drug-likeness (QED) is 0.0512. The molecule has 6 amide bonds. The number of rotatable bonds is 20. The Hall–Kier alpha value is -7.11. The number of thioether (sulfide) groups is 1. The average molecular weight is 921 g/mol. The number of phenols is 1. The SMILES string of the molecule is CSCC[C@H](NC(=O)N[C@H](Cc1c[nH]c2ccccc12)C(=O)O)C(=O)N[C@H](C(=O)N/C=C1/C[C@@H](O)[C@H](n2ccc(=O)[nH]c2=O)O1)[C@H](C)N(C)C(=O)[C@H](Cc1cccc(O)c1)NC(=O)CN. The van der Waals surface area contributed by atoms with Gasteiger partial charge in [-0.15, -0.1) is 0 Å². The summed E-state index contributed by atoms with van der Waals surface area (Å²) in [5.74, 6) is -4.25. The fraction of sp³-hybridized carbons (Fsp3) is 0.381. The molecule has 3 heterocycles. The molecule has 0 spiro atoms. The molecule has 1 saturated heterocycles. The molecule has 4 aromatic rings. The van der Waals surface area contributed by atoms with Crippen molar-refractivity contribution in [2.75, 3.05) is 25.6 Å². The van der Waals surface area contributed by atoms with Gasteiger partial charge in [0.15, 0.2) is 0 Å². The number of benzene rings is 2. The number of carbonyl (C=O) groups excluding carboxylic acids is 5. The molecule has 7 atom stereocenters. The van der Waals surface area contributed by atoms with Crippen molar-refractivity contribution in [3.63, 3.8) is 0 Å². The normalized spacial score (nSPS) is 17.5. The Bertz CT molecular complexity index is 2520. The highest BCUT2D eigenvalue weighted by molar-refractivity contribution is 7.98. The molecule has 2 aromatic heterocycles. The first-order valence-electron chi connectivity index (χ1n) is 20.3. The van der Waals surface area contributed by atoms with Crippen LogP contribution < -0.4 is 43.6 Å². The molecule has 0 bridgehead atoms. The molecule has 65 heavy (non-hydrogen) atoms. The van der Waals surface area contributed by atoms with Crippen LogP contribution in [-0.4, -0.2) is 132 Å². The van der Waals surface area contributed by atoms with Crippen molar-refractivity contribution in [1.82, 2.24) is 46.0 Å². The highest BCUT2D eigenvalue weighted by Crippen LogP contribution is 2.30. The van der Waals surface area contributed by atoms with Crippen LogP contribution in [0.5, 0.6) is 5.75 Å². The molecule has 1 aliphatic heterocycles. The number of aromatic amines is 2. The third kappa shape index (κ3) is 13.0. The molecule has 1 aliphatic rings. The molecule has 0 radical (unpaired) electrons. The Kier molecular flexibility index (Phi) is 16.9. The predicted octanol–water partition coefficient (Wildman–Crippen LogP) is -0.904. The van der Waals surface area contributed by atoms with Gasteiger partial charge in [-0.25, -0.2) is 14.4 Å². The number of ether oxygens (including phenoxy) is 1. The zero-order valence-electron chi connectivity index (χ0n) is 35.6. The number of nitrogens with two attached hydrogens (primary N) is 1. The number of aliphatic carboxylic acids is 1. The smallest absolute Gasteiger partial charge is 0.331 e. The summed E-state index contributed by atoms with van der Waals surface area (Å²) in [5, 5.41) is 44.2. The van der Waals surface area contributed by atoms with E-state index in [9.17, 15) is 53.7 Å². The third-order valence-electron chi connectivity index (χ3n) is 10.6. The van der Waals surface area contributed by atoms with E-state index < -0.39 is 96.0 Å². The summed E-state index contributed by atoms with van der Waals surface area (Å²) < 4.78 is 6.68. The maximum absolute atomic E-state index is 14.2. The van der Waals surface area contributed by atoms with Crippen LogP contribution in [0.15, 0.2) is 88.5 Å². The number of carbonyl (C=O) groups is 6. The third-order valence-corrected chi connectivity index (χ3v) is 11.3. The molecule has 22 nitrogen and oxygen atoms in total. The topological polar surface area (TPSA) is 332 Å². The second kappa shape index (κ2) is 22.5. The number of para-hydroxylation sites is 1. The summed E-state index contributed by atoms with van der Waals surface area (Å²) in [6.45, 7) is 0.987. The van der Waals surface area contributed by atoms with Crippen molar-refractivity contribution < 1.29 is 48.8 Å². The van der Waals surface area contributed by atoms with Crippen LogP contribution in [0.3, 0.4) is 0 Å². The number of hydrogen-bond acceptors (Lipinski definition) is 13. The van der Waals surface area contributed by atoms with Crippen LogP contribution in [0.25, 0.3) is 10.9 Å². The van der Waals surface area contributed by atoms with Crippen molar-refractivity contribution in [3.05, 3.63) is 111 Å². The van der Waals surface area contributed by atoms with Gasteiger partial charge in [-0.3, -0.25) is 33.5 Å². The summed E-state index contributed by atoms with van der Waals surface area (Å²) in [6, 6.07) is 6.53. The van der Waals surface area contributed by atoms with E-state index in [2.05, 4.69) is 36.6 Å². The van der Waals surface area contributed by atoms with E-state index in [0.29, 0.717) is 16.9 Å². The predicted molar refractivity (Wildman–Crippen MR) is 237 cm³/mol. The molecule has 0 saturated carbocycles. The molecule has 1 fully saturated rings. The van der Waals surface area contributed by atoms with Crippen LogP contribution >= 0.6 is 11.8 Å². The van der Waals surface area contributed by atoms with Gasteiger partial charge in [-0.2, -0.15) is 11.8 Å². The number of hydrogen-bond donors (Lipinski definition) is 11. The summed E-state index contributed by atoms with van der Waals surface area (Å²) in [5.41, 5.74) is 5.90. The molecule has 348 valence electrons. The highest BCUT2D eigenvalue weighted by Gasteiger charge is 2.38. The minimum absolute atomic E-state index is 0.00333. The van der Waals surface area contributed by atoms with Gasteiger partial charge < -0.3 is 62.3 Å². The molecule has 0 unspecified atom stereocenters. The van der Waals surface area contributed by atoms with E-state index >= 15 is 0 Å². The first-order chi connectivity index (χ1) is 31.0. The second-order valence-corrected chi connectivity index (χ2v) is 16.2. The number of phenolic OH excluding ortho intramolecular Hbond substituents is 1. The largest absolute Gasteiger partial charge is 0.508 e. The van der Waals surface area contributed by atoms with Gasteiger partial charge >= 0.3 is 17.7 Å². The van der Waals surface area contributed by atoms with Crippen molar-refractivity contribution in [3.8, 4) is 5.75 Å². The Balaban J connectivity index is 1.39. The Morgan fingerprint density at radius 1 is 0.985 bits per heavy atom. The van der Waals surface area contributed by atoms with E-state index in [1.54, 1.807) is 36.7 Å². The number of urea groups is 1. The van der Waals surface area contributed by atoms with Gasteiger partial charge in [0.05, 0.1) is 12.6 Å². The van der Waals surface area contributed by atoms with Gasteiger partial charge in [0.25, 0.3) is 5.56 Å². The maximum Gasteiger partial charge on any atom is 0.331 e. The van der Waals surface area contributed by atoms with E-state index in [4.69, 9.17) is 10.5 Å². The second-order valence-electron chi connectivity index (χ2n) is 15.2. The van der Waals surface area contributed by atoms with Crippen molar-refractivity contribution in [2.24, 2.45) is 5.73 Å². The fourth-order valence-corrected chi connectivity index (χ4v) is 7.55. The van der Waals surface area contributed by atoms with Crippen molar-refractivity contribution in [2.45, 2.75) is 75.1 Å². The number of likely N-dealkylation sites (N-methyl/N-ethyl adjacent to an activating group) is 1. The number of aromatic hydroxyl groups is 1. The number of nitrogens with one attached hydrogen (secondary N) is 7. The minimum atomic E-state index is -1.60. The standard InChI is InChI=1S/C42H52N10O12S/c1-22(51(2)38(59)30(46-34(56)19-43)16-23-7-6-8-25(53)15-23)35(37(58)45-21-26-18-32(54)39(64-26)52-13-11-33(55)49-42(52)63)50-36(57)29(12-14-65-3)47-41(62)48-31(40(60)61)17-24-20-44-28-10-5-4-9-27(24)28/h4-11,13,15,20-22,29-32,35,39,44,53-54H,12,14,16-19,43H2,1-3H3,(H,45,58)(H,46,56)(H,50,57)(H,60,61)(H2,47,48,62)(H,49,55,63)/b26-21-/t22-,29-,30-,31+,32+,35-,39+/m0/s1. The monoisotopic (exact) mass is 920 g/mol. The van der Waals surface area contributed by atoms with Crippen LogP contribution in [0.2, 0.25) is 0 Å². The van der Waals surface area contributed by atoms with E-state index in [1.165, 1.54) is 37.9 Å². The number of amides is 6. The number of aliphatic hydroxyl groups excluding tert-OH is 1. The van der Waals surface area contributed by atoms with E-state index in [-0.39, 0.29) is 37.2 Å². The van der Waals surface area contributed by atoms with Gasteiger partial charge in [0.1, 0.15) is 41.8 Å². The summed E-state index contributed by atoms with van der Waals surface area (Å²) in [4.78, 5) is 111. The average Bonchev–Trinajstić information content (AvgIpc) is 3.86. The Morgan fingerprint density at radius 3 is 2.42 bits per heavy atom. The van der Waals surface area contributed by atoms with Crippen LogP contribution in [-0.2, 0) is 41.6 Å². The van der Waals surface area contributed by atoms with E-state index in [1.807, 2.05) is 12.1 Å². The summed E-state index contributed by atoms with van der Waals surface area (Å²) >= 11 is 1.35. The lowest BCUT2D eigenvalue weighted by Crippen LogP contribution is -2.62. The van der Waals surface area contributed by atoms with Gasteiger partial charge in [-0.1, -0.05) is 30.3 Å². The maximum atomic E-state index is 14.2. The number of aromatic nitrogens is 3. The van der Waals surface area contributed by atoms with Crippen molar-refractivity contribution >= 4 is 58.3 Å². The highest BCUT2D eigenvalue weighted by atomic mass is 32.2. The number of carboxylic acids is 1. The number of fused-ring (bicyclic) bond motifs is 1. The zero-order chi connectivity index (χ0) is 47.4. The lowest BCUT2D eigenvalue weighted by atomic mass is 10.0. The Morgan fingerprint density at radius 2 is 1.72 bits per heavy atom. The molecular weight excluding hydrogens is 869 g/mol. The molecular formula is C42H52N10O12S.